The summed E-state index contributed by atoms with van der Waals surface area (Å²) < 4.78 is 5.19. The summed E-state index contributed by atoms with van der Waals surface area (Å²) in [5, 5.41) is 5.91. The molecule has 1 aliphatic rings. The van der Waals surface area contributed by atoms with Gasteiger partial charge in [0.2, 0.25) is 0 Å². The molecule has 5 heteroatoms. The van der Waals surface area contributed by atoms with Crippen molar-refractivity contribution in [1.29, 1.82) is 0 Å². The second-order valence-corrected chi connectivity index (χ2v) is 4.99. The van der Waals surface area contributed by atoms with Crippen molar-refractivity contribution < 1.29 is 14.3 Å². The van der Waals surface area contributed by atoms with Gasteiger partial charge in [-0.25, -0.2) is 4.79 Å². The number of carbonyl (C=O) groups excluding carboxylic acids is 2. The lowest BCUT2D eigenvalue weighted by molar-refractivity contribution is -0.121. The third-order valence-corrected chi connectivity index (χ3v) is 3.55. The van der Waals surface area contributed by atoms with Crippen molar-refractivity contribution in [2.24, 2.45) is 0 Å². The van der Waals surface area contributed by atoms with Crippen LogP contribution in [0.3, 0.4) is 0 Å². The zero-order valence-corrected chi connectivity index (χ0v) is 11.6. The van der Waals surface area contributed by atoms with Gasteiger partial charge in [0.1, 0.15) is 12.4 Å². The van der Waals surface area contributed by atoms with Gasteiger partial charge in [-0.3, -0.25) is 4.79 Å². The number of nitrogens with one attached hydrogen (secondary N) is 2. The van der Waals surface area contributed by atoms with Gasteiger partial charge >= 0.3 is 6.09 Å². The Kier molecular flexibility index (Phi) is 5.12. The Balaban J connectivity index is 1.80. The molecule has 0 bridgehead atoms. The van der Waals surface area contributed by atoms with E-state index in [2.05, 4.69) is 10.6 Å². The fourth-order valence-electron chi connectivity index (χ4n) is 2.40. The molecule has 2 rings (SSSR count). The summed E-state index contributed by atoms with van der Waals surface area (Å²) in [5.41, 5.74) is 0.951. The molecule has 0 aliphatic heterocycles. The molecule has 0 aromatic heterocycles. The predicted octanol–water partition coefficient (Wildman–Crippen LogP) is 1.62. The van der Waals surface area contributed by atoms with E-state index < -0.39 is 6.09 Å². The van der Waals surface area contributed by atoms with Gasteiger partial charge in [-0.15, -0.1) is 0 Å². The normalized spacial score (nSPS) is 22.4. The highest BCUT2D eigenvalue weighted by Crippen LogP contribution is 2.16. The van der Waals surface area contributed by atoms with E-state index in [-0.39, 0.29) is 24.5 Å². The minimum Gasteiger partial charge on any atom is -0.445 e. The van der Waals surface area contributed by atoms with Crippen LogP contribution in [-0.2, 0) is 16.1 Å². The van der Waals surface area contributed by atoms with Gasteiger partial charge in [0.05, 0.1) is 0 Å². The van der Waals surface area contributed by atoms with E-state index in [0.29, 0.717) is 19.3 Å². The zero-order valence-electron chi connectivity index (χ0n) is 11.6. The molecule has 20 heavy (non-hydrogen) atoms. The topological polar surface area (TPSA) is 67.4 Å². The van der Waals surface area contributed by atoms with Gasteiger partial charge in [-0.05, 0) is 19.0 Å². The molecule has 0 spiro atoms. The predicted molar refractivity (Wildman–Crippen MR) is 75.3 cm³/mol. The number of carbonyl (C=O) groups is 2. The number of hydrogen-bond acceptors (Lipinski definition) is 4. The summed E-state index contributed by atoms with van der Waals surface area (Å²) in [6, 6.07) is 9.47. The van der Waals surface area contributed by atoms with Gasteiger partial charge in [-0.2, -0.15) is 0 Å². The molecule has 1 aliphatic carbocycles. The third kappa shape index (κ3) is 4.06. The van der Waals surface area contributed by atoms with E-state index >= 15 is 0 Å². The Morgan fingerprint density at radius 2 is 2.05 bits per heavy atom. The Morgan fingerprint density at radius 3 is 2.75 bits per heavy atom. The lowest BCUT2D eigenvalue weighted by Crippen LogP contribution is -2.52. The van der Waals surface area contributed by atoms with Crippen LogP contribution >= 0.6 is 0 Å². The first kappa shape index (κ1) is 14.5. The Labute approximate surface area is 118 Å². The maximum atomic E-state index is 11.8. The van der Waals surface area contributed by atoms with Gasteiger partial charge in [0.25, 0.3) is 0 Å². The van der Waals surface area contributed by atoms with Gasteiger partial charge in [0, 0.05) is 24.9 Å². The lowest BCUT2D eigenvalue weighted by atomic mass is 9.89. The molecule has 108 valence electrons. The highest BCUT2D eigenvalue weighted by Gasteiger charge is 2.29. The quantitative estimate of drug-likeness (QED) is 0.877. The van der Waals surface area contributed by atoms with Crippen molar-refractivity contribution in [2.75, 3.05) is 7.05 Å². The van der Waals surface area contributed by atoms with Crippen molar-refractivity contribution in [3.8, 4) is 0 Å². The molecular formula is C15H20N2O3. The Hall–Kier alpha value is -1.88. The highest BCUT2D eigenvalue weighted by atomic mass is 16.5. The first-order valence-corrected chi connectivity index (χ1v) is 6.85. The van der Waals surface area contributed by atoms with Crippen LogP contribution in [0.2, 0.25) is 0 Å². The van der Waals surface area contributed by atoms with Crippen LogP contribution in [0.25, 0.3) is 0 Å². The van der Waals surface area contributed by atoms with E-state index in [1.807, 2.05) is 30.3 Å². The van der Waals surface area contributed by atoms with Crippen LogP contribution in [0, 0.1) is 0 Å². The number of hydrogen-bond donors (Lipinski definition) is 2. The summed E-state index contributed by atoms with van der Waals surface area (Å²) in [7, 11) is 1.80. The van der Waals surface area contributed by atoms with Crippen LogP contribution in [0.5, 0.6) is 0 Å². The van der Waals surface area contributed by atoms with E-state index in [0.717, 1.165) is 5.56 Å². The fourth-order valence-corrected chi connectivity index (χ4v) is 2.40. The van der Waals surface area contributed by atoms with Crippen LogP contribution in [0.4, 0.5) is 4.79 Å². The number of ether oxygens (including phenoxy) is 1. The van der Waals surface area contributed by atoms with Gasteiger partial charge in [-0.1, -0.05) is 30.3 Å². The van der Waals surface area contributed by atoms with E-state index in [4.69, 9.17) is 4.74 Å². The minimum absolute atomic E-state index is 0.0134. The SMILES string of the molecule is CN[C@@H]1CC(=O)CC[C@@H]1NC(=O)OCc1ccccc1. The third-order valence-electron chi connectivity index (χ3n) is 3.55. The lowest BCUT2D eigenvalue weighted by Gasteiger charge is -2.30. The largest absolute Gasteiger partial charge is 0.445 e. The minimum atomic E-state index is -0.437. The average Bonchev–Trinajstić information content (AvgIpc) is 2.48. The highest BCUT2D eigenvalue weighted by molar-refractivity contribution is 5.80. The van der Waals surface area contributed by atoms with Crippen molar-refractivity contribution >= 4 is 11.9 Å². The molecule has 0 heterocycles. The average molecular weight is 276 g/mol. The molecule has 0 unspecified atom stereocenters. The smallest absolute Gasteiger partial charge is 0.407 e. The number of rotatable bonds is 4. The zero-order chi connectivity index (χ0) is 14.4. The molecule has 1 aromatic carbocycles. The number of alkyl carbamates (subject to hydrolysis) is 1. The standard InChI is InChI=1S/C15H20N2O3/c1-16-14-9-12(18)7-8-13(14)17-15(19)20-10-11-5-3-2-4-6-11/h2-6,13-14,16H,7-10H2,1H3,(H,17,19)/t13-,14+/m0/s1. The number of amides is 1. The second-order valence-electron chi connectivity index (χ2n) is 4.99. The summed E-state index contributed by atoms with van der Waals surface area (Å²) in [5.74, 6) is 0.236. The first-order chi connectivity index (χ1) is 9.69. The monoisotopic (exact) mass is 276 g/mol. The van der Waals surface area contributed by atoms with Crippen molar-refractivity contribution in [3.05, 3.63) is 35.9 Å². The molecule has 2 atom stereocenters. The number of Topliss-reactive ketones (excluding diaryl/α,β-unsaturated/α-hetero) is 1. The van der Waals surface area contributed by atoms with Crippen LogP contribution < -0.4 is 10.6 Å². The number of likely N-dealkylation sites (N-methyl/N-ethyl adjacent to an activating group) is 1. The van der Waals surface area contributed by atoms with Crippen molar-refractivity contribution in [3.63, 3.8) is 0 Å². The number of ketones is 1. The van der Waals surface area contributed by atoms with E-state index in [9.17, 15) is 9.59 Å². The molecule has 1 saturated carbocycles. The molecular weight excluding hydrogens is 256 g/mol. The Morgan fingerprint density at radius 1 is 1.30 bits per heavy atom. The molecule has 2 N–H and O–H groups in total. The summed E-state index contributed by atoms with van der Waals surface area (Å²) in [6.07, 6.45) is 1.20. The maximum absolute atomic E-state index is 11.8. The first-order valence-electron chi connectivity index (χ1n) is 6.85. The Bertz CT molecular complexity index is 461. The fraction of sp³-hybridized carbons (Fsp3) is 0.467. The second kappa shape index (κ2) is 7.05. The number of benzene rings is 1. The summed E-state index contributed by atoms with van der Waals surface area (Å²) >= 11 is 0. The molecule has 1 amide bonds. The van der Waals surface area contributed by atoms with E-state index in [1.54, 1.807) is 7.05 Å². The molecule has 0 radical (unpaired) electrons. The summed E-state index contributed by atoms with van der Waals surface area (Å²) in [6.45, 7) is 0.253. The van der Waals surface area contributed by atoms with Gasteiger partial charge < -0.3 is 15.4 Å². The van der Waals surface area contributed by atoms with Crippen molar-refractivity contribution in [2.45, 2.75) is 38.0 Å². The van der Waals surface area contributed by atoms with Crippen LogP contribution in [0.1, 0.15) is 24.8 Å². The van der Waals surface area contributed by atoms with Crippen molar-refractivity contribution in [1.82, 2.24) is 10.6 Å². The van der Waals surface area contributed by atoms with Gasteiger partial charge in [0.15, 0.2) is 0 Å². The van der Waals surface area contributed by atoms with Crippen LogP contribution in [-0.4, -0.2) is 31.0 Å². The van der Waals surface area contributed by atoms with Crippen LogP contribution in [0.15, 0.2) is 30.3 Å². The summed E-state index contributed by atoms with van der Waals surface area (Å²) in [4.78, 5) is 23.2. The molecule has 1 aromatic rings. The molecule has 1 fully saturated rings. The maximum Gasteiger partial charge on any atom is 0.407 e. The van der Waals surface area contributed by atoms with E-state index in [1.165, 1.54) is 0 Å². The molecule has 0 saturated heterocycles. The molecule has 5 nitrogen and oxygen atoms in total.